The summed E-state index contributed by atoms with van der Waals surface area (Å²) in [6, 6.07) is -0.378. The third-order valence-electron chi connectivity index (χ3n) is 3.50. The molecule has 1 unspecified atom stereocenters. The molecule has 0 aromatic heterocycles. The number of aliphatic carboxylic acids is 1. The van der Waals surface area contributed by atoms with Crippen molar-refractivity contribution in [3.8, 4) is 0 Å². The van der Waals surface area contributed by atoms with Crippen molar-refractivity contribution in [1.82, 2.24) is 10.6 Å². The quantitative estimate of drug-likeness (QED) is 0.699. The van der Waals surface area contributed by atoms with Crippen LogP contribution in [0.25, 0.3) is 0 Å². The predicted octanol–water partition coefficient (Wildman–Crippen LogP) is 2.07. The van der Waals surface area contributed by atoms with E-state index in [4.69, 9.17) is 0 Å². The van der Waals surface area contributed by atoms with Crippen LogP contribution in [0.5, 0.6) is 0 Å². The SMILES string of the molecule is CCCC(C)(NC(=O)NCC1CCSCC1)C(=O)O. The largest absolute Gasteiger partial charge is 0.480 e. The molecule has 0 aromatic carbocycles. The fourth-order valence-corrected chi connectivity index (χ4v) is 3.41. The van der Waals surface area contributed by atoms with Crippen molar-refractivity contribution in [2.45, 2.75) is 45.1 Å². The minimum absolute atomic E-state index is 0.378. The zero-order valence-corrected chi connectivity index (χ0v) is 12.5. The molecule has 1 aliphatic rings. The van der Waals surface area contributed by atoms with Crippen LogP contribution >= 0.6 is 11.8 Å². The number of carbonyl (C=O) groups excluding carboxylic acids is 1. The fourth-order valence-electron chi connectivity index (χ4n) is 2.21. The lowest BCUT2D eigenvalue weighted by atomic mass is 9.96. The predicted molar refractivity (Wildman–Crippen MR) is 77.5 cm³/mol. The van der Waals surface area contributed by atoms with Gasteiger partial charge >= 0.3 is 12.0 Å². The number of carbonyl (C=O) groups is 2. The van der Waals surface area contributed by atoms with E-state index in [0.717, 1.165) is 24.3 Å². The Morgan fingerprint density at radius 2 is 2.00 bits per heavy atom. The highest BCUT2D eigenvalue weighted by Crippen LogP contribution is 2.21. The molecule has 2 amide bonds. The molecule has 1 saturated heterocycles. The summed E-state index contributed by atoms with van der Waals surface area (Å²) in [5.41, 5.74) is -1.18. The summed E-state index contributed by atoms with van der Waals surface area (Å²) in [7, 11) is 0. The molecule has 1 rings (SSSR count). The van der Waals surface area contributed by atoms with E-state index >= 15 is 0 Å². The third kappa shape index (κ3) is 5.30. The van der Waals surface area contributed by atoms with Crippen LogP contribution in [0.1, 0.15) is 39.5 Å². The molecule has 0 bridgehead atoms. The Labute approximate surface area is 118 Å². The van der Waals surface area contributed by atoms with Crippen LogP contribution in [-0.2, 0) is 4.79 Å². The van der Waals surface area contributed by atoms with Crippen molar-refractivity contribution in [1.29, 1.82) is 0 Å². The fraction of sp³-hybridized carbons (Fsp3) is 0.846. The van der Waals surface area contributed by atoms with E-state index in [1.165, 1.54) is 0 Å². The lowest BCUT2D eigenvalue weighted by molar-refractivity contribution is -0.144. The first-order valence-corrected chi connectivity index (χ1v) is 8.00. The van der Waals surface area contributed by atoms with Gasteiger partial charge in [-0.25, -0.2) is 9.59 Å². The number of nitrogens with one attached hydrogen (secondary N) is 2. The van der Waals surface area contributed by atoms with Crippen LogP contribution in [0.15, 0.2) is 0 Å². The summed E-state index contributed by atoms with van der Waals surface area (Å²) < 4.78 is 0. The Kier molecular flexibility index (Phi) is 6.48. The number of hydrogen-bond acceptors (Lipinski definition) is 3. The molecular weight excluding hydrogens is 264 g/mol. The van der Waals surface area contributed by atoms with Gasteiger partial charge in [0.2, 0.25) is 0 Å². The van der Waals surface area contributed by atoms with Crippen molar-refractivity contribution in [2.75, 3.05) is 18.1 Å². The normalized spacial score (nSPS) is 19.5. The van der Waals surface area contributed by atoms with Crippen molar-refractivity contribution in [3.63, 3.8) is 0 Å². The van der Waals surface area contributed by atoms with Crippen LogP contribution in [0.2, 0.25) is 0 Å². The van der Waals surface area contributed by atoms with Crippen LogP contribution in [0.4, 0.5) is 4.79 Å². The van der Waals surface area contributed by atoms with E-state index in [2.05, 4.69) is 10.6 Å². The number of carboxylic acids is 1. The smallest absolute Gasteiger partial charge is 0.329 e. The van der Waals surface area contributed by atoms with Gasteiger partial charge in [-0.2, -0.15) is 11.8 Å². The van der Waals surface area contributed by atoms with Crippen molar-refractivity contribution >= 4 is 23.8 Å². The number of rotatable bonds is 6. The lowest BCUT2D eigenvalue weighted by Crippen LogP contribution is -2.55. The topological polar surface area (TPSA) is 78.4 Å². The highest BCUT2D eigenvalue weighted by Gasteiger charge is 2.33. The van der Waals surface area contributed by atoms with Crippen LogP contribution in [0.3, 0.4) is 0 Å². The summed E-state index contributed by atoms with van der Waals surface area (Å²) in [5.74, 6) is 1.83. The molecule has 1 heterocycles. The Hall–Kier alpha value is -0.910. The zero-order chi connectivity index (χ0) is 14.3. The molecule has 1 atom stereocenters. The summed E-state index contributed by atoms with van der Waals surface area (Å²) in [6.07, 6.45) is 3.38. The monoisotopic (exact) mass is 288 g/mol. The number of hydrogen-bond donors (Lipinski definition) is 3. The molecule has 1 aliphatic heterocycles. The van der Waals surface area contributed by atoms with Gasteiger partial charge in [0.1, 0.15) is 5.54 Å². The average Bonchev–Trinajstić information content (AvgIpc) is 2.37. The first-order valence-electron chi connectivity index (χ1n) is 6.85. The Morgan fingerprint density at radius 3 is 2.53 bits per heavy atom. The molecule has 0 spiro atoms. The lowest BCUT2D eigenvalue weighted by Gasteiger charge is -2.27. The zero-order valence-electron chi connectivity index (χ0n) is 11.7. The van der Waals surface area contributed by atoms with E-state index in [0.29, 0.717) is 25.3 Å². The first-order chi connectivity index (χ1) is 8.98. The second-order valence-electron chi connectivity index (χ2n) is 5.28. The van der Waals surface area contributed by atoms with Crippen molar-refractivity contribution in [2.24, 2.45) is 5.92 Å². The van der Waals surface area contributed by atoms with E-state index in [-0.39, 0.29) is 6.03 Å². The molecule has 0 aliphatic carbocycles. The van der Waals surface area contributed by atoms with Crippen LogP contribution in [-0.4, -0.2) is 40.7 Å². The number of carboxylic acid groups (broad SMARTS) is 1. The van der Waals surface area contributed by atoms with Gasteiger partial charge in [-0.3, -0.25) is 0 Å². The highest BCUT2D eigenvalue weighted by atomic mass is 32.2. The molecule has 19 heavy (non-hydrogen) atoms. The van der Waals surface area contributed by atoms with E-state index in [1.807, 2.05) is 18.7 Å². The van der Waals surface area contributed by atoms with E-state index in [1.54, 1.807) is 6.92 Å². The molecule has 0 aromatic rings. The summed E-state index contributed by atoms with van der Waals surface area (Å²) >= 11 is 1.95. The molecule has 3 N–H and O–H groups in total. The van der Waals surface area contributed by atoms with Crippen molar-refractivity contribution < 1.29 is 14.7 Å². The Bertz CT molecular complexity index is 319. The number of urea groups is 1. The molecule has 6 heteroatoms. The van der Waals surface area contributed by atoms with Gasteiger partial charge in [-0.15, -0.1) is 0 Å². The molecule has 110 valence electrons. The third-order valence-corrected chi connectivity index (χ3v) is 4.55. The van der Waals surface area contributed by atoms with Crippen molar-refractivity contribution in [3.05, 3.63) is 0 Å². The molecule has 5 nitrogen and oxygen atoms in total. The standard InChI is InChI=1S/C13H24N2O3S/c1-3-6-13(2,11(16)17)15-12(18)14-9-10-4-7-19-8-5-10/h10H,3-9H2,1-2H3,(H,16,17)(H2,14,15,18). The number of thioether (sulfide) groups is 1. The summed E-state index contributed by atoms with van der Waals surface area (Å²) in [6.45, 7) is 4.09. The summed E-state index contributed by atoms with van der Waals surface area (Å²) in [5, 5.41) is 14.6. The van der Waals surface area contributed by atoms with Gasteiger partial charge in [0.15, 0.2) is 0 Å². The Balaban J connectivity index is 2.37. The van der Waals surface area contributed by atoms with E-state index < -0.39 is 11.5 Å². The maximum atomic E-state index is 11.8. The average molecular weight is 288 g/mol. The van der Waals surface area contributed by atoms with Gasteiger partial charge in [-0.05, 0) is 43.6 Å². The molecule has 0 saturated carbocycles. The van der Waals surface area contributed by atoms with Gasteiger partial charge in [-0.1, -0.05) is 13.3 Å². The highest BCUT2D eigenvalue weighted by molar-refractivity contribution is 7.99. The second kappa shape index (κ2) is 7.62. The minimum atomic E-state index is -1.18. The van der Waals surface area contributed by atoms with Crippen LogP contribution < -0.4 is 10.6 Å². The van der Waals surface area contributed by atoms with Crippen LogP contribution in [0, 0.1) is 5.92 Å². The summed E-state index contributed by atoms with van der Waals surface area (Å²) in [4.78, 5) is 23.0. The van der Waals surface area contributed by atoms with Gasteiger partial charge in [0.25, 0.3) is 0 Å². The minimum Gasteiger partial charge on any atom is -0.480 e. The Morgan fingerprint density at radius 1 is 1.37 bits per heavy atom. The van der Waals surface area contributed by atoms with Gasteiger partial charge < -0.3 is 15.7 Å². The molecule has 1 fully saturated rings. The molecular formula is C13H24N2O3S. The number of amides is 2. The van der Waals surface area contributed by atoms with E-state index in [9.17, 15) is 14.7 Å². The van der Waals surface area contributed by atoms with Gasteiger partial charge in [0, 0.05) is 6.54 Å². The maximum absolute atomic E-state index is 11.8. The van der Waals surface area contributed by atoms with Gasteiger partial charge in [0.05, 0.1) is 0 Å². The molecule has 0 radical (unpaired) electrons. The maximum Gasteiger partial charge on any atom is 0.329 e. The second-order valence-corrected chi connectivity index (χ2v) is 6.50. The first kappa shape index (κ1) is 16.1.